The van der Waals surface area contributed by atoms with Crippen molar-refractivity contribution in [3.63, 3.8) is 0 Å². The van der Waals surface area contributed by atoms with Gasteiger partial charge < -0.3 is 4.90 Å². The maximum absolute atomic E-state index is 11.9. The van der Waals surface area contributed by atoms with E-state index in [0.29, 0.717) is 12.0 Å². The standard InChI is InChI=1S/C14H19NO/c1-9(2)13-11(4)14(16)15(13)12-7-5-10(3)6-8-12/h5-9,11,13H,1-4H3/t11-,13+/m0/s1. The zero-order valence-electron chi connectivity index (χ0n) is 10.4. The molecule has 0 saturated carbocycles. The second-order valence-corrected chi connectivity index (χ2v) is 5.07. The van der Waals surface area contributed by atoms with Crippen LogP contribution in [0.5, 0.6) is 0 Å². The Bertz CT molecular complexity index is 394. The van der Waals surface area contributed by atoms with Crippen molar-refractivity contribution in [2.45, 2.75) is 33.7 Å². The molecular formula is C14H19NO. The quantitative estimate of drug-likeness (QED) is 0.697. The Balaban J connectivity index is 2.27. The fraction of sp³-hybridized carbons (Fsp3) is 0.500. The summed E-state index contributed by atoms with van der Waals surface area (Å²) in [5, 5.41) is 0. The van der Waals surface area contributed by atoms with Crippen molar-refractivity contribution in [2.24, 2.45) is 11.8 Å². The molecule has 1 aromatic rings. The van der Waals surface area contributed by atoms with Gasteiger partial charge in [-0.3, -0.25) is 4.79 Å². The molecule has 1 saturated heterocycles. The van der Waals surface area contributed by atoms with Crippen LogP contribution in [0.1, 0.15) is 26.3 Å². The normalized spacial score (nSPS) is 24.8. The van der Waals surface area contributed by atoms with Crippen LogP contribution in [-0.2, 0) is 4.79 Å². The minimum absolute atomic E-state index is 0.168. The van der Waals surface area contributed by atoms with E-state index in [1.807, 2.05) is 24.0 Å². The van der Waals surface area contributed by atoms with Crippen molar-refractivity contribution >= 4 is 11.6 Å². The monoisotopic (exact) mass is 217 g/mol. The van der Waals surface area contributed by atoms with E-state index in [4.69, 9.17) is 0 Å². The summed E-state index contributed by atoms with van der Waals surface area (Å²) in [6.07, 6.45) is 0. The number of rotatable bonds is 2. The summed E-state index contributed by atoms with van der Waals surface area (Å²) < 4.78 is 0. The largest absolute Gasteiger partial charge is 0.308 e. The van der Waals surface area contributed by atoms with Crippen molar-refractivity contribution < 1.29 is 4.79 Å². The van der Waals surface area contributed by atoms with Crippen LogP contribution in [-0.4, -0.2) is 11.9 Å². The Morgan fingerprint density at radius 1 is 1.19 bits per heavy atom. The summed E-state index contributed by atoms with van der Waals surface area (Å²) in [5.41, 5.74) is 2.26. The molecule has 0 unspecified atom stereocenters. The molecule has 1 amide bonds. The van der Waals surface area contributed by atoms with Crippen LogP contribution in [0.3, 0.4) is 0 Å². The molecule has 0 N–H and O–H groups in total. The average molecular weight is 217 g/mol. The Kier molecular flexibility index (Phi) is 2.75. The number of benzene rings is 1. The minimum Gasteiger partial charge on any atom is -0.308 e. The summed E-state index contributed by atoms with van der Waals surface area (Å²) in [4.78, 5) is 13.8. The zero-order chi connectivity index (χ0) is 11.9. The fourth-order valence-corrected chi connectivity index (χ4v) is 2.53. The van der Waals surface area contributed by atoms with E-state index >= 15 is 0 Å². The average Bonchev–Trinajstić information content (AvgIpc) is 2.25. The number of nitrogens with zero attached hydrogens (tertiary/aromatic N) is 1. The third-order valence-corrected chi connectivity index (χ3v) is 3.43. The van der Waals surface area contributed by atoms with Gasteiger partial charge in [-0.2, -0.15) is 0 Å². The number of hydrogen-bond donors (Lipinski definition) is 0. The highest BCUT2D eigenvalue weighted by Crippen LogP contribution is 2.36. The molecule has 0 radical (unpaired) electrons. The van der Waals surface area contributed by atoms with E-state index < -0.39 is 0 Å². The Hall–Kier alpha value is -1.31. The first-order chi connectivity index (χ1) is 7.52. The van der Waals surface area contributed by atoms with Crippen LogP contribution in [0.25, 0.3) is 0 Å². The molecule has 1 heterocycles. The zero-order valence-corrected chi connectivity index (χ0v) is 10.4. The summed E-state index contributed by atoms with van der Waals surface area (Å²) >= 11 is 0. The van der Waals surface area contributed by atoms with Gasteiger partial charge in [-0.1, -0.05) is 38.5 Å². The fourth-order valence-electron chi connectivity index (χ4n) is 2.53. The van der Waals surface area contributed by atoms with Crippen LogP contribution in [0.2, 0.25) is 0 Å². The highest BCUT2D eigenvalue weighted by Gasteiger charge is 2.46. The maximum Gasteiger partial charge on any atom is 0.232 e. The number of aryl methyl sites for hydroxylation is 1. The van der Waals surface area contributed by atoms with E-state index in [1.54, 1.807) is 0 Å². The lowest BCUT2D eigenvalue weighted by Gasteiger charge is -2.48. The molecule has 0 bridgehead atoms. The summed E-state index contributed by atoms with van der Waals surface area (Å²) in [6.45, 7) is 8.44. The summed E-state index contributed by atoms with van der Waals surface area (Å²) in [6, 6.07) is 8.55. The smallest absolute Gasteiger partial charge is 0.232 e. The van der Waals surface area contributed by atoms with E-state index in [1.165, 1.54) is 5.56 Å². The van der Waals surface area contributed by atoms with Gasteiger partial charge in [0, 0.05) is 5.69 Å². The first kappa shape index (κ1) is 11.2. The number of β-lactam (4-membered cyclic amide) rings is 1. The van der Waals surface area contributed by atoms with Crippen LogP contribution in [0.15, 0.2) is 24.3 Å². The van der Waals surface area contributed by atoms with E-state index in [0.717, 1.165) is 5.69 Å². The van der Waals surface area contributed by atoms with Crippen LogP contribution in [0, 0.1) is 18.8 Å². The lowest BCUT2D eigenvalue weighted by molar-refractivity contribution is -0.130. The first-order valence-electron chi connectivity index (χ1n) is 5.92. The maximum atomic E-state index is 11.9. The van der Waals surface area contributed by atoms with E-state index in [-0.39, 0.29) is 11.8 Å². The number of hydrogen-bond acceptors (Lipinski definition) is 1. The van der Waals surface area contributed by atoms with E-state index in [9.17, 15) is 4.79 Å². The molecule has 1 aromatic carbocycles. The molecular weight excluding hydrogens is 198 g/mol. The van der Waals surface area contributed by atoms with Crippen LogP contribution < -0.4 is 4.90 Å². The summed E-state index contributed by atoms with van der Waals surface area (Å²) in [5.74, 6) is 0.929. The van der Waals surface area contributed by atoms with Crippen molar-refractivity contribution in [1.29, 1.82) is 0 Å². The molecule has 0 aromatic heterocycles. The molecule has 2 heteroatoms. The predicted octanol–water partition coefficient (Wildman–Crippen LogP) is 3.00. The third-order valence-electron chi connectivity index (χ3n) is 3.43. The van der Waals surface area contributed by atoms with Gasteiger partial charge >= 0.3 is 0 Å². The van der Waals surface area contributed by atoms with Crippen LogP contribution in [0.4, 0.5) is 5.69 Å². The molecule has 1 aliphatic rings. The minimum atomic E-state index is 0.168. The lowest BCUT2D eigenvalue weighted by Crippen LogP contribution is -2.62. The van der Waals surface area contributed by atoms with Gasteiger partial charge in [-0.15, -0.1) is 0 Å². The highest BCUT2D eigenvalue weighted by molar-refractivity contribution is 6.02. The van der Waals surface area contributed by atoms with Crippen LogP contribution >= 0.6 is 0 Å². The summed E-state index contributed by atoms with van der Waals surface area (Å²) in [7, 11) is 0. The Labute approximate surface area is 97.3 Å². The Morgan fingerprint density at radius 3 is 2.25 bits per heavy atom. The molecule has 16 heavy (non-hydrogen) atoms. The number of amides is 1. The highest BCUT2D eigenvalue weighted by atomic mass is 16.2. The Morgan fingerprint density at radius 2 is 1.75 bits per heavy atom. The molecule has 2 rings (SSSR count). The second kappa shape index (κ2) is 3.93. The third kappa shape index (κ3) is 1.62. The number of carbonyl (C=O) groups is 1. The van der Waals surface area contributed by atoms with Crippen molar-refractivity contribution in [1.82, 2.24) is 0 Å². The van der Waals surface area contributed by atoms with Gasteiger partial charge in [-0.05, 0) is 25.0 Å². The van der Waals surface area contributed by atoms with Crippen molar-refractivity contribution in [3.05, 3.63) is 29.8 Å². The van der Waals surface area contributed by atoms with Crippen molar-refractivity contribution in [3.8, 4) is 0 Å². The van der Waals surface area contributed by atoms with Gasteiger partial charge in [0.2, 0.25) is 5.91 Å². The van der Waals surface area contributed by atoms with Crippen molar-refractivity contribution in [2.75, 3.05) is 4.90 Å². The van der Waals surface area contributed by atoms with Gasteiger partial charge in [0.25, 0.3) is 0 Å². The predicted molar refractivity (Wildman–Crippen MR) is 66.5 cm³/mol. The van der Waals surface area contributed by atoms with E-state index in [2.05, 4.69) is 32.9 Å². The molecule has 86 valence electrons. The lowest BCUT2D eigenvalue weighted by atomic mass is 9.81. The topological polar surface area (TPSA) is 20.3 Å². The molecule has 2 atom stereocenters. The molecule has 0 aliphatic carbocycles. The number of carbonyl (C=O) groups excluding carboxylic acids is 1. The first-order valence-corrected chi connectivity index (χ1v) is 5.92. The SMILES string of the molecule is Cc1ccc(N2C(=O)[C@@H](C)[C@H]2C(C)C)cc1. The second-order valence-electron chi connectivity index (χ2n) is 5.07. The van der Waals surface area contributed by atoms with Gasteiger partial charge in [0.05, 0.1) is 12.0 Å². The molecule has 1 aliphatic heterocycles. The number of anilines is 1. The molecule has 1 fully saturated rings. The van der Waals surface area contributed by atoms with Gasteiger partial charge in [-0.25, -0.2) is 0 Å². The van der Waals surface area contributed by atoms with Gasteiger partial charge in [0.15, 0.2) is 0 Å². The van der Waals surface area contributed by atoms with Gasteiger partial charge in [0.1, 0.15) is 0 Å². The molecule has 2 nitrogen and oxygen atoms in total. The molecule has 0 spiro atoms.